The molecule has 0 saturated heterocycles. The van der Waals surface area contributed by atoms with Crippen LogP contribution in [0.15, 0.2) is 36.4 Å². The SMILES string of the molecule is CC(C)(C)CCC(=O)N(CCNc1cccc(Cl)c1C#N)c1ccc(O)c(C(C)(C)C)c1. The molecule has 0 fully saturated rings. The Bertz CT molecular complexity index is 998. The van der Waals surface area contributed by atoms with Crippen LogP contribution in [0.25, 0.3) is 0 Å². The molecule has 0 aliphatic rings. The van der Waals surface area contributed by atoms with Crippen molar-refractivity contribution in [2.24, 2.45) is 5.41 Å². The van der Waals surface area contributed by atoms with Gasteiger partial charge in [0.05, 0.1) is 16.3 Å². The number of carbonyl (C=O) groups is 1. The van der Waals surface area contributed by atoms with Gasteiger partial charge in [-0.15, -0.1) is 0 Å². The molecule has 2 aromatic carbocycles. The van der Waals surface area contributed by atoms with Crippen LogP contribution in [0, 0.1) is 16.7 Å². The number of hydrogen-bond donors (Lipinski definition) is 2. The zero-order valence-corrected chi connectivity index (χ0v) is 20.7. The fourth-order valence-electron chi connectivity index (χ4n) is 3.39. The van der Waals surface area contributed by atoms with Crippen molar-refractivity contribution in [2.45, 2.75) is 59.8 Å². The topological polar surface area (TPSA) is 76.4 Å². The molecule has 1 amide bonds. The molecular formula is C26H34ClN3O2. The van der Waals surface area contributed by atoms with Gasteiger partial charge in [-0.1, -0.05) is 59.2 Å². The number of nitrogens with zero attached hydrogens (tertiary/aromatic N) is 2. The number of hydrogen-bond acceptors (Lipinski definition) is 4. The van der Waals surface area contributed by atoms with Gasteiger partial charge in [-0.3, -0.25) is 4.79 Å². The van der Waals surface area contributed by atoms with Gasteiger partial charge in [-0.2, -0.15) is 5.26 Å². The van der Waals surface area contributed by atoms with Crippen LogP contribution in [-0.2, 0) is 10.2 Å². The summed E-state index contributed by atoms with van der Waals surface area (Å²) >= 11 is 6.13. The van der Waals surface area contributed by atoms with Crippen LogP contribution >= 0.6 is 11.6 Å². The molecule has 2 N–H and O–H groups in total. The summed E-state index contributed by atoms with van der Waals surface area (Å²) in [6.45, 7) is 13.3. The minimum absolute atomic E-state index is 0.0267. The number of benzene rings is 2. The van der Waals surface area contributed by atoms with Gasteiger partial charge in [0.25, 0.3) is 0 Å². The number of anilines is 2. The van der Waals surface area contributed by atoms with Crippen LogP contribution < -0.4 is 10.2 Å². The van der Waals surface area contributed by atoms with Crippen LogP contribution in [0.1, 0.15) is 65.5 Å². The molecule has 32 heavy (non-hydrogen) atoms. The lowest BCUT2D eigenvalue weighted by Gasteiger charge is -2.28. The smallest absolute Gasteiger partial charge is 0.227 e. The lowest BCUT2D eigenvalue weighted by atomic mass is 9.86. The first-order valence-corrected chi connectivity index (χ1v) is 11.3. The fraction of sp³-hybridized carbons (Fsp3) is 0.462. The summed E-state index contributed by atoms with van der Waals surface area (Å²) in [5.41, 5.74) is 2.36. The number of carbonyl (C=O) groups excluding carboxylic acids is 1. The van der Waals surface area contributed by atoms with E-state index in [0.717, 1.165) is 17.7 Å². The van der Waals surface area contributed by atoms with Crippen molar-refractivity contribution in [2.75, 3.05) is 23.3 Å². The van der Waals surface area contributed by atoms with Crippen LogP contribution in [0.3, 0.4) is 0 Å². The highest BCUT2D eigenvalue weighted by atomic mass is 35.5. The van der Waals surface area contributed by atoms with Crippen LogP contribution in [0.4, 0.5) is 11.4 Å². The summed E-state index contributed by atoms with van der Waals surface area (Å²) in [6.07, 6.45) is 1.20. The molecule has 172 valence electrons. The van der Waals surface area contributed by atoms with Gasteiger partial charge in [0.1, 0.15) is 11.8 Å². The van der Waals surface area contributed by atoms with E-state index in [2.05, 4.69) is 32.2 Å². The zero-order valence-electron chi connectivity index (χ0n) is 19.9. The molecule has 5 nitrogen and oxygen atoms in total. The predicted molar refractivity (Wildman–Crippen MR) is 133 cm³/mol. The van der Waals surface area contributed by atoms with Crippen molar-refractivity contribution in [3.05, 3.63) is 52.5 Å². The Morgan fingerprint density at radius 1 is 1.16 bits per heavy atom. The van der Waals surface area contributed by atoms with E-state index >= 15 is 0 Å². The van der Waals surface area contributed by atoms with Crippen molar-refractivity contribution >= 4 is 28.9 Å². The minimum Gasteiger partial charge on any atom is -0.508 e. The Hall–Kier alpha value is -2.71. The molecule has 2 aromatic rings. The van der Waals surface area contributed by atoms with Crippen molar-refractivity contribution in [1.29, 1.82) is 5.26 Å². The van der Waals surface area contributed by atoms with Crippen molar-refractivity contribution in [3.63, 3.8) is 0 Å². The van der Waals surface area contributed by atoms with E-state index in [4.69, 9.17) is 11.6 Å². The second-order valence-electron chi connectivity index (χ2n) is 10.3. The van der Waals surface area contributed by atoms with Crippen molar-refractivity contribution < 1.29 is 9.90 Å². The predicted octanol–water partition coefficient (Wildman–Crippen LogP) is 6.49. The van der Waals surface area contributed by atoms with Gasteiger partial charge in [0.15, 0.2) is 0 Å². The zero-order chi connectivity index (χ0) is 24.1. The van der Waals surface area contributed by atoms with Gasteiger partial charge >= 0.3 is 0 Å². The number of amides is 1. The summed E-state index contributed by atoms with van der Waals surface area (Å²) in [6, 6.07) is 12.7. The summed E-state index contributed by atoms with van der Waals surface area (Å²) < 4.78 is 0. The maximum atomic E-state index is 13.2. The molecule has 2 rings (SSSR count). The number of phenols is 1. The largest absolute Gasteiger partial charge is 0.508 e. The molecule has 0 spiro atoms. The number of nitriles is 1. The first-order chi connectivity index (χ1) is 14.8. The lowest BCUT2D eigenvalue weighted by Crippen LogP contribution is -2.36. The standard InChI is InChI=1S/C26H34ClN3O2/c1-25(2,3)13-12-24(32)30(18-10-11-23(31)20(16-18)26(4,5)6)15-14-29-22-9-7-8-21(27)19(22)17-28/h7-11,16,29,31H,12-15H2,1-6H3. The van der Waals surface area contributed by atoms with Gasteiger partial charge in [0.2, 0.25) is 5.91 Å². The molecule has 0 radical (unpaired) electrons. The molecular weight excluding hydrogens is 422 g/mol. The van der Waals surface area contributed by atoms with Crippen LogP contribution in [-0.4, -0.2) is 24.1 Å². The molecule has 0 saturated carbocycles. The Kier molecular flexibility index (Phi) is 8.20. The quantitative estimate of drug-likeness (QED) is 0.500. The molecule has 0 aliphatic heterocycles. The van der Waals surface area contributed by atoms with Crippen molar-refractivity contribution in [1.82, 2.24) is 0 Å². The second kappa shape index (κ2) is 10.3. The first kappa shape index (κ1) is 25.5. The van der Waals surface area contributed by atoms with Gasteiger partial charge in [0, 0.05) is 30.8 Å². The normalized spacial score (nSPS) is 11.7. The van der Waals surface area contributed by atoms with E-state index in [1.807, 2.05) is 26.8 Å². The highest BCUT2D eigenvalue weighted by Crippen LogP contribution is 2.34. The lowest BCUT2D eigenvalue weighted by molar-refractivity contribution is -0.119. The summed E-state index contributed by atoms with van der Waals surface area (Å²) in [7, 11) is 0. The molecule has 0 unspecified atom stereocenters. The van der Waals surface area contributed by atoms with E-state index in [9.17, 15) is 15.2 Å². The van der Waals surface area contributed by atoms with E-state index < -0.39 is 0 Å². The fourth-order valence-corrected chi connectivity index (χ4v) is 3.61. The molecule has 0 aromatic heterocycles. The highest BCUT2D eigenvalue weighted by Gasteiger charge is 2.23. The third-order valence-corrected chi connectivity index (χ3v) is 5.58. The van der Waals surface area contributed by atoms with Crippen LogP contribution in [0.5, 0.6) is 5.75 Å². The monoisotopic (exact) mass is 455 g/mol. The molecule has 0 aliphatic carbocycles. The first-order valence-electron chi connectivity index (χ1n) is 10.9. The molecule has 0 atom stereocenters. The Morgan fingerprint density at radius 3 is 2.44 bits per heavy atom. The van der Waals surface area contributed by atoms with E-state index in [1.165, 1.54) is 0 Å². The summed E-state index contributed by atoms with van der Waals surface area (Å²) in [4.78, 5) is 15.0. The van der Waals surface area contributed by atoms with Gasteiger partial charge in [-0.05, 0) is 47.6 Å². The molecule has 0 heterocycles. The number of halogens is 1. The third-order valence-electron chi connectivity index (χ3n) is 5.27. The third kappa shape index (κ3) is 6.90. The van der Waals surface area contributed by atoms with Crippen molar-refractivity contribution in [3.8, 4) is 11.8 Å². The maximum Gasteiger partial charge on any atom is 0.227 e. The van der Waals surface area contributed by atoms with Gasteiger partial charge < -0.3 is 15.3 Å². The second-order valence-corrected chi connectivity index (χ2v) is 10.7. The Labute approximate surface area is 197 Å². The Morgan fingerprint density at radius 2 is 1.84 bits per heavy atom. The number of rotatable bonds is 7. The Balaban J connectivity index is 2.29. The van der Waals surface area contributed by atoms with Crippen LogP contribution in [0.2, 0.25) is 5.02 Å². The summed E-state index contributed by atoms with van der Waals surface area (Å²) in [5, 5.41) is 23.4. The average molecular weight is 456 g/mol. The number of phenolic OH excluding ortho intramolecular Hbond substituents is 1. The van der Waals surface area contributed by atoms with E-state index in [-0.39, 0.29) is 22.5 Å². The van der Waals surface area contributed by atoms with E-state index in [1.54, 1.807) is 35.2 Å². The van der Waals surface area contributed by atoms with E-state index in [0.29, 0.717) is 35.8 Å². The molecule has 0 bridgehead atoms. The molecule has 6 heteroatoms. The minimum atomic E-state index is -0.263. The maximum absolute atomic E-state index is 13.2. The number of aromatic hydroxyl groups is 1. The summed E-state index contributed by atoms with van der Waals surface area (Å²) in [5.74, 6) is 0.248. The van der Waals surface area contributed by atoms with Gasteiger partial charge in [-0.25, -0.2) is 0 Å². The number of nitrogens with one attached hydrogen (secondary N) is 1. The average Bonchev–Trinajstić information content (AvgIpc) is 2.69. The highest BCUT2D eigenvalue weighted by molar-refractivity contribution is 6.32.